The molecule has 2 aliphatic rings. The van der Waals surface area contributed by atoms with Crippen LogP contribution in [0.5, 0.6) is 28.7 Å². The van der Waals surface area contributed by atoms with Gasteiger partial charge in [-0.25, -0.2) is 14.4 Å². The highest BCUT2D eigenvalue weighted by Crippen LogP contribution is 2.52. The molecule has 2 aromatic carbocycles. The maximum absolute atomic E-state index is 12.7. The van der Waals surface area contributed by atoms with Gasteiger partial charge in [0.2, 0.25) is 0 Å². The number of aromatic hydroxyl groups is 2. The average Bonchev–Trinajstić information content (AvgIpc) is 3.14. The Balaban J connectivity index is 0.000000271. The number of esters is 2. The number of hydrogen-bond acceptors (Lipinski definition) is 10. The van der Waals surface area contributed by atoms with Crippen LogP contribution in [0, 0.1) is 31.6 Å². The fourth-order valence-corrected chi connectivity index (χ4v) is 5.42. The zero-order chi connectivity index (χ0) is 32.2. The van der Waals surface area contributed by atoms with Crippen LogP contribution in [0.4, 0.5) is 4.79 Å². The van der Waals surface area contributed by atoms with Crippen LogP contribution < -0.4 is 14.8 Å². The van der Waals surface area contributed by atoms with Gasteiger partial charge in [0.25, 0.3) is 0 Å². The van der Waals surface area contributed by atoms with E-state index in [0.29, 0.717) is 0 Å². The Hall–Kier alpha value is -3.48. The number of nitroso groups, excluding NO2 is 1. The lowest BCUT2D eigenvalue weighted by Gasteiger charge is -2.27. The van der Waals surface area contributed by atoms with Gasteiger partial charge in [-0.15, -0.1) is 16.5 Å². The summed E-state index contributed by atoms with van der Waals surface area (Å²) in [6.07, 6.45) is 4.19. The van der Waals surface area contributed by atoms with E-state index in [2.05, 4.69) is 17.5 Å². The van der Waals surface area contributed by atoms with E-state index < -0.39 is 29.5 Å². The topological polar surface area (TPSA) is 164 Å². The molecule has 0 bridgehead atoms. The SMILES string of the molecule is CC1CCC(NC(=O)N(CCCl)N=O)CC1.COC(=O)c1c(C)c2c(c(C)c1O)OC(=O)c1c(C)c(Cl)c(O)c(Cl)c1O2. The van der Waals surface area contributed by atoms with Gasteiger partial charge in [0.1, 0.15) is 21.9 Å². The van der Waals surface area contributed by atoms with Crippen LogP contribution in [0.1, 0.15) is 70.0 Å². The number of rotatable bonds is 5. The average molecular weight is 661 g/mol. The van der Waals surface area contributed by atoms with Crippen LogP contribution in [-0.2, 0) is 4.74 Å². The summed E-state index contributed by atoms with van der Waals surface area (Å²) in [5, 5.41) is 26.4. The van der Waals surface area contributed by atoms with Crippen molar-refractivity contribution in [3.63, 3.8) is 0 Å². The van der Waals surface area contributed by atoms with Gasteiger partial charge in [-0.1, -0.05) is 30.1 Å². The van der Waals surface area contributed by atoms with Crippen molar-refractivity contribution < 1.29 is 38.8 Å². The Morgan fingerprint density at radius 3 is 2.14 bits per heavy atom. The highest BCUT2D eigenvalue weighted by Gasteiger charge is 2.35. The molecule has 0 unspecified atom stereocenters. The molecule has 234 valence electrons. The molecule has 1 aliphatic heterocycles. The van der Waals surface area contributed by atoms with Crippen molar-refractivity contribution in [2.45, 2.75) is 59.4 Å². The molecule has 0 radical (unpaired) electrons. The largest absolute Gasteiger partial charge is 0.507 e. The summed E-state index contributed by atoms with van der Waals surface area (Å²) in [6.45, 7) is 6.80. The Bertz CT molecular complexity index is 1440. The summed E-state index contributed by atoms with van der Waals surface area (Å²) >= 11 is 17.6. The highest BCUT2D eigenvalue weighted by atomic mass is 35.5. The lowest BCUT2D eigenvalue weighted by Crippen LogP contribution is -2.44. The molecule has 4 rings (SSSR count). The number of ether oxygens (including phenoxy) is 3. The Morgan fingerprint density at radius 2 is 1.58 bits per heavy atom. The third-order valence-corrected chi connectivity index (χ3v) is 8.35. The molecule has 3 N–H and O–H groups in total. The number of urea groups is 1. The van der Waals surface area contributed by atoms with E-state index in [0.717, 1.165) is 36.6 Å². The summed E-state index contributed by atoms with van der Waals surface area (Å²) in [6, 6.07) is -0.265. The number of phenols is 2. The van der Waals surface area contributed by atoms with Crippen LogP contribution in [-0.4, -0.2) is 58.8 Å². The second-order valence-corrected chi connectivity index (χ2v) is 11.4. The zero-order valence-electron chi connectivity index (χ0n) is 24.2. The smallest absolute Gasteiger partial charge is 0.347 e. The molecule has 1 aliphatic carbocycles. The van der Waals surface area contributed by atoms with Gasteiger partial charge < -0.3 is 29.7 Å². The number of carbonyl (C=O) groups excluding carboxylic acids is 3. The molecule has 15 heteroatoms. The number of nitrogens with one attached hydrogen (secondary N) is 1. The second kappa shape index (κ2) is 14.3. The van der Waals surface area contributed by atoms with Crippen molar-refractivity contribution in [3.05, 3.63) is 42.8 Å². The van der Waals surface area contributed by atoms with Crippen molar-refractivity contribution in [2.75, 3.05) is 19.5 Å². The maximum Gasteiger partial charge on any atom is 0.347 e. The predicted octanol–water partition coefficient (Wildman–Crippen LogP) is 6.94. The first-order chi connectivity index (χ1) is 20.3. The van der Waals surface area contributed by atoms with Gasteiger partial charge >= 0.3 is 18.0 Å². The predicted molar refractivity (Wildman–Crippen MR) is 160 cm³/mol. The molecule has 1 heterocycles. The molecule has 2 aromatic rings. The van der Waals surface area contributed by atoms with Gasteiger partial charge in [0.05, 0.1) is 24.0 Å². The number of nitrogens with zero attached hydrogens (tertiary/aromatic N) is 2. The van der Waals surface area contributed by atoms with Gasteiger partial charge in [-0.3, -0.25) is 0 Å². The number of hydrogen-bond donors (Lipinski definition) is 3. The van der Waals surface area contributed by atoms with Crippen LogP contribution in [0.25, 0.3) is 0 Å². The lowest BCUT2D eigenvalue weighted by molar-refractivity contribution is 0.0595. The van der Waals surface area contributed by atoms with Gasteiger partial charge in [-0.2, -0.15) is 5.01 Å². The van der Waals surface area contributed by atoms with Crippen LogP contribution in [0.15, 0.2) is 5.29 Å². The Labute approximate surface area is 263 Å². The van der Waals surface area contributed by atoms with Crippen molar-refractivity contribution in [1.82, 2.24) is 10.3 Å². The van der Waals surface area contributed by atoms with Crippen LogP contribution in [0.2, 0.25) is 10.0 Å². The van der Waals surface area contributed by atoms with E-state index in [9.17, 15) is 29.5 Å². The summed E-state index contributed by atoms with van der Waals surface area (Å²) in [5.74, 6) is -1.79. The van der Waals surface area contributed by atoms with E-state index in [1.165, 1.54) is 27.9 Å². The normalized spacial score (nSPS) is 17.1. The molecule has 0 aromatic heterocycles. The first-order valence-electron chi connectivity index (χ1n) is 13.3. The highest BCUT2D eigenvalue weighted by molar-refractivity contribution is 6.39. The summed E-state index contributed by atoms with van der Waals surface area (Å²) < 4.78 is 15.9. The molecule has 1 saturated carbocycles. The van der Waals surface area contributed by atoms with Crippen molar-refractivity contribution >= 4 is 52.8 Å². The molecular formula is C28H32Cl3N3O9. The first-order valence-corrected chi connectivity index (χ1v) is 14.6. The zero-order valence-corrected chi connectivity index (χ0v) is 26.4. The second-order valence-electron chi connectivity index (χ2n) is 10.2. The van der Waals surface area contributed by atoms with E-state index in [4.69, 9.17) is 49.0 Å². The molecule has 2 amide bonds. The van der Waals surface area contributed by atoms with Crippen molar-refractivity contribution in [1.29, 1.82) is 0 Å². The summed E-state index contributed by atoms with van der Waals surface area (Å²) in [7, 11) is 1.17. The lowest BCUT2D eigenvalue weighted by atomic mass is 9.87. The molecule has 0 spiro atoms. The summed E-state index contributed by atoms with van der Waals surface area (Å²) in [5.41, 5.74) is 0.264. The number of benzene rings is 2. The third-order valence-electron chi connectivity index (χ3n) is 7.37. The summed E-state index contributed by atoms with van der Waals surface area (Å²) in [4.78, 5) is 46.7. The minimum Gasteiger partial charge on any atom is -0.507 e. The van der Waals surface area contributed by atoms with E-state index in [-0.39, 0.29) is 73.6 Å². The maximum atomic E-state index is 12.7. The van der Waals surface area contributed by atoms with Crippen LogP contribution >= 0.6 is 34.8 Å². The van der Waals surface area contributed by atoms with Gasteiger partial charge in [0, 0.05) is 23.0 Å². The minimum atomic E-state index is -0.835. The number of amides is 2. The minimum absolute atomic E-state index is 0.0131. The number of halogens is 3. The Morgan fingerprint density at radius 1 is 0.977 bits per heavy atom. The number of fused-ring (bicyclic) bond motifs is 2. The fraction of sp³-hybridized carbons (Fsp3) is 0.464. The standard InChI is InChI=1S/C18H14Cl2O7.C10H18ClN3O2/c1-5-9-16(11(20)13(22)10(5)19)26-14-6(2)8(17(23)25-4)12(21)7(3)15(14)27-18(9)24;1-8-2-4-9(5-3-8)12-10(15)14(13-16)7-6-11/h21-22H,1-4H3;8-9H,2-7H2,1H3,(H,12,15). The van der Waals surface area contributed by atoms with E-state index in [1.807, 2.05) is 0 Å². The first kappa shape index (κ1) is 34.0. The molecule has 43 heavy (non-hydrogen) atoms. The van der Waals surface area contributed by atoms with Crippen molar-refractivity contribution in [2.24, 2.45) is 11.2 Å². The molecule has 0 saturated heterocycles. The molecule has 0 atom stereocenters. The quantitative estimate of drug-likeness (QED) is 0.101. The van der Waals surface area contributed by atoms with Crippen molar-refractivity contribution in [3.8, 4) is 28.7 Å². The van der Waals surface area contributed by atoms with E-state index >= 15 is 0 Å². The van der Waals surface area contributed by atoms with Gasteiger partial charge in [-0.05, 0) is 57.9 Å². The number of carbonyl (C=O) groups is 3. The monoisotopic (exact) mass is 659 g/mol. The third kappa shape index (κ3) is 7.02. The fourth-order valence-electron chi connectivity index (χ4n) is 4.80. The van der Waals surface area contributed by atoms with E-state index in [1.54, 1.807) is 0 Å². The number of phenolic OH excluding ortho intramolecular Hbond substituents is 2. The molecule has 12 nitrogen and oxygen atoms in total. The van der Waals surface area contributed by atoms with Gasteiger partial charge in [0.15, 0.2) is 23.0 Å². The molecular weight excluding hydrogens is 629 g/mol. The number of alkyl halides is 1. The number of methoxy groups -OCH3 is 1. The Kier molecular flexibility index (Phi) is 11.3. The van der Waals surface area contributed by atoms with Crippen LogP contribution in [0.3, 0.4) is 0 Å². The molecule has 1 fully saturated rings.